The summed E-state index contributed by atoms with van der Waals surface area (Å²) in [6, 6.07) is 13.2. The Bertz CT molecular complexity index is 1030. The molecule has 1 aromatic heterocycles. The first-order valence-electron chi connectivity index (χ1n) is 8.31. The predicted octanol–water partition coefficient (Wildman–Crippen LogP) is 0.893. The summed E-state index contributed by atoms with van der Waals surface area (Å²) >= 11 is 0. The molecule has 0 radical (unpaired) electrons. The van der Waals surface area contributed by atoms with Gasteiger partial charge in [-0.1, -0.05) is 17.2 Å². The fraction of sp³-hybridized carbons (Fsp3) is 0.118. The van der Waals surface area contributed by atoms with Crippen LogP contribution < -0.4 is 15.9 Å². The maximum atomic E-state index is 11.8. The van der Waals surface area contributed by atoms with Crippen molar-refractivity contribution in [1.29, 1.82) is 0 Å². The van der Waals surface area contributed by atoms with Crippen LogP contribution in [0.1, 0.15) is 11.1 Å². The zero-order valence-corrected chi connectivity index (χ0v) is 15.0. The molecule has 3 aromatic rings. The lowest BCUT2D eigenvalue weighted by molar-refractivity contribution is -0.384. The van der Waals surface area contributed by atoms with Crippen LogP contribution in [0.25, 0.3) is 0 Å². The largest absolute Gasteiger partial charge is 0.488 e. The number of carbonyl (C=O) groups is 1. The van der Waals surface area contributed by atoms with E-state index in [4.69, 9.17) is 10.5 Å². The first-order chi connectivity index (χ1) is 14.0. The standard InChI is InChI=1S/C17H16N8O4/c18-17-21-23-24(22-17)10-16(26)20-19-9-13-3-1-2-4-15(13)29-11-12-5-7-14(8-6-12)25(27)28/h1-9H,10-11H2,(H2,18,22)(H,20,26)/b19-9+. The number of aromatic nitrogens is 4. The van der Waals surface area contributed by atoms with Gasteiger partial charge in [-0.3, -0.25) is 14.9 Å². The zero-order valence-electron chi connectivity index (χ0n) is 15.0. The number of tetrazole rings is 1. The number of anilines is 1. The van der Waals surface area contributed by atoms with Crippen molar-refractivity contribution >= 4 is 23.8 Å². The summed E-state index contributed by atoms with van der Waals surface area (Å²) in [6.07, 6.45) is 1.44. The predicted molar refractivity (Wildman–Crippen MR) is 102 cm³/mol. The van der Waals surface area contributed by atoms with Gasteiger partial charge in [0.2, 0.25) is 0 Å². The van der Waals surface area contributed by atoms with Crippen LogP contribution in [0.5, 0.6) is 5.75 Å². The number of non-ortho nitro benzene ring substituents is 1. The van der Waals surface area contributed by atoms with E-state index in [1.165, 1.54) is 18.3 Å². The smallest absolute Gasteiger partial charge is 0.269 e. The molecule has 3 rings (SSSR count). The van der Waals surface area contributed by atoms with Crippen LogP contribution in [0, 0.1) is 10.1 Å². The molecular weight excluding hydrogens is 380 g/mol. The molecule has 2 aromatic carbocycles. The summed E-state index contributed by atoms with van der Waals surface area (Å²) in [7, 11) is 0. The molecule has 0 fully saturated rings. The van der Waals surface area contributed by atoms with Crippen molar-refractivity contribution in [2.24, 2.45) is 5.10 Å². The van der Waals surface area contributed by atoms with Crippen molar-refractivity contribution in [3.63, 3.8) is 0 Å². The molecule has 0 unspecified atom stereocenters. The summed E-state index contributed by atoms with van der Waals surface area (Å²) in [4.78, 5) is 23.1. The normalized spacial score (nSPS) is 10.8. The number of hydrogen-bond donors (Lipinski definition) is 2. The third-order valence-corrected chi connectivity index (χ3v) is 3.61. The highest BCUT2D eigenvalue weighted by Crippen LogP contribution is 2.19. The average molecular weight is 396 g/mol. The van der Waals surface area contributed by atoms with E-state index >= 15 is 0 Å². The molecular formula is C17H16N8O4. The maximum Gasteiger partial charge on any atom is 0.269 e. The molecule has 29 heavy (non-hydrogen) atoms. The van der Waals surface area contributed by atoms with E-state index in [1.54, 1.807) is 36.4 Å². The van der Waals surface area contributed by atoms with Gasteiger partial charge in [0.1, 0.15) is 18.9 Å². The Kier molecular flexibility index (Phi) is 6.05. The molecule has 3 N–H and O–H groups in total. The van der Waals surface area contributed by atoms with E-state index < -0.39 is 10.8 Å². The molecule has 1 heterocycles. The van der Waals surface area contributed by atoms with Gasteiger partial charge < -0.3 is 10.5 Å². The van der Waals surface area contributed by atoms with E-state index in [1.807, 2.05) is 0 Å². The number of ether oxygens (including phenoxy) is 1. The first-order valence-corrected chi connectivity index (χ1v) is 8.31. The molecule has 0 aliphatic rings. The monoisotopic (exact) mass is 396 g/mol. The number of amides is 1. The summed E-state index contributed by atoms with van der Waals surface area (Å²) in [6.45, 7) is 0.0361. The van der Waals surface area contributed by atoms with Crippen LogP contribution in [-0.2, 0) is 17.9 Å². The molecule has 0 aliphatic carbocycles. The van der Waals surface area contributed by atoms with Crippen LogP contribution >= 0.6 is 0 Å². The van der Waals surface area contributed by atoms with Gasteiger partial charge in [0, 0.05) is 17.7 Å². The van der Waals surface area contributed by atoms with Gasteiger partial charge in [0.15, 0.2) is 0 Å². The van der Waals surface area contributed by atoms with Crippen molar-refractivity contribution in [3.8, 4) is 5.75 Å². The Hall–Kier alpha value is -4.35. The Morgan fingerprint density at radius 3 is 2.72 bits per heavy atom. The van der Waals surface area contributed by atoms with E-state index in [0.29, 0.717) is 11.3 Å². The number of nitrogens with one attached hydrogen (secondary N) is 1. The average Bonchev–Trinajstić information content (AvgIpc) is 3.12. The summed E-state index contributed by atoms with van der Waals surface area (Å²) < 4.78 is 5.76. The molecule has 0 saturated heterocycles. The highest BCUT2D eigenvalue weighted by Gasteiger charge is 2.07. The minimum absolute atomic E-state index is 0.0146. The zero-order chi connectivity index (χ0) is 20.6. The van der Waals surface area contributed by atoms with Crippen LogP contribution in [0.3, 0.4) is 0 Å². The second kappa shape index (κ2) is 9.03. The molecule has 0 aliphatic heterocycles. The quantitative estimate of drug-likeness (QED) is 0.322. The highest BCUT2D eigenvalue weighted by molar-refractivity contribution is 5.85. The molecule has 12 nitrogen and oxygen atoms in total. The lowest BCUT2D eigenvalue weighted by Gasteiger charge is -2.09. The number of nitro groups is 1. The van der Waals surface area contributed by atoms with Gasteiger partial charge in [-0.2, -0.15) is 9.90 Å². The number of nitrogens with two attached hydrogens (primary N) is 1. The van der Waals surface area contributed by atoms with Crippen molar-refractivity contribution < 1.29 is 14.5 Å². The van der Waals surface area contributed by atoms with Crippen molar-refractivity contribution in [2.45, 2.75) is 13.2 Å². The number of para-hydroxylation sites is 1. The third-order valence-electron chi connectivity index (χ3n) is 3.61. The van der Waals surface area contributed by atoms with E-state index in [9.17, 15) is 14.9 Å². The molecule has 0 saturated carbocycles. The lowest BCUT2D eigenvalue weighted by atomic mass is 10.2. The Morgan fingerprint density at radius 1 is 1.28 bits per heavy atom. The number of benzene rings is 2. The summed E-state index contributed by atoms with van der Waals surface area (Å²) in [5, 5.41) is 25.3. The van der Waals surface area contributed by atoms with Crippen LogP contribution in [-0.4, -0.2) is 37.3 Å². The SMILES string of the molecule is Nc1nnn(CC(=O)N/N=C/c2ccccc2OCc2ccc([N+](=O)[O-])cc2)n1. The number of hydrogen-bond acceptors (Lipinski definition) is 9. The van der Waals surface area contributed by atoms with Crippen LogP contribution in [0.4, 0.5) is 11.6 Å². The number of rotatable bonds is 8. The summed E-state index contributed by atoms with van der Waals surface area (Å²) in [5.74, 6) is 0.0536. The molecule has 148 valence electrons. The van der Waals surface area contributed by atoms with Gasteiger partial charge in [-0.15, -0.1) is 5.10 Å². The minimum Gasteiger partial charge on any atom is -0.488 e. The second-order valence-corrected chi connectivity index (χ2v) is 5.72. The number of hydrazone groups is 1. The Labute approximate surface area is 164 Å². The van der Waals surface area contributed by atoms with Gasteiger partial charge in [0.25, 0.3) is 17.5 Å². The topological polar surface area (TPSA) is 163 Å². The molecule has 12 heteroatoms. The van der Waals surface area contributed by atoms with Crippen LogP contribution in [0.2, 0.25) is 0 Å². The van der Waals surface area contributed by atoms with Crippen LogP contribution in [0.15, 0.2) is 53.6 Å². The first kappa shape index (κ1) is 19.4. The third kappa shape index (κ3) is 5.56. The van der Waals surface area contributed by atoms with Crippen molar-refractivity contribution in [2.75, 3.05) is 5.73 Å². The minimum atomic E-state index is -0.460. The number of nitrogen functional groups attached to an aromatic ring is 1. The number of carbonyl (C=O) groups excluding carboxylic acids is 1. The van der Waals surface area contributed by atoms with E-state index in [0.717, 1.165) is 10.4 Å². The van der Waals surface area contributed by atoms with Crippen molar-refractivity contribution in [1.82, 2.24) is 25.6 Å². The van der Waals surface area contributed by atoms with Gasteiger partial charge in [-0.25, -0.2) is 5.43 Å². The van der Waals surface area contributed by atoms with Gasteiger partial charge in [-0.05, 0) is 35.0 Å². The van der Waals surface area contributed by atoms with E-state index in [-0.39, 0.29) is 24.8 Å². The number of nitrogens with zero attached hydrogens (tertiary/aromatic N) is 6. The molecule has 0 atom stereocenters. The maximum absolute atomic E-state index is 11.8. The fourth-order valence-electron chi connectivity index (χ4n) is 2.25. The molecule has 0 spiro atoms. The van der Waals surface area contributed by atoms with E-state index in [2.05, 4.69) is 25.9 Å². The molecule has 0 bridgehead atoms. The van der Waals surface area contributed by atoms with Crippen molar-refractivity contribution in [3.05, 3.63) is 69.8 Å². The fourth-order valence-corrected chi connectivity index (χ4v) is 2.25. The van der Waals surface area contributed by atoms with Gasteiger partial charge >= 0.3 is 0 Å². The lowest BCUT2D eigenvalue weighted by Crippen LogP contribution is -2.24. The number of nitro benzene ring substituents is 1. The van der Waals surface area contributed by atoms with Gasteiger partial charge in [0.05, 0.1) is 11.1 Å². The Morgan fingerprint density at radius 2 is 2.03 bits per heavy atom. The second-order valence-electron chi connectivity index (χ2n) is 5.72. The Balaban J connectivity index is 1.57. The highest BCUT2D eigenvalue weighted by atomic mass is 16.6. The molecule has 1 amide bonds. The summed E-state index contributed by atoms with van der Waals surface area (Å²) in [5.41, 5.74) is 9.10.